The lowest BCUT2D eigenvalue weighted by molar-refractivity contribution is -0.132. The number of benzene rings is 1. The van der Waals surface area contributed by atoms with E-state index < -0.39 is 0 Å². The Hall–Kier alpha value is -1.35. The van der Waals surface area contributed by atoms with Gasteiger partial charge in [0.25, 0.3) is 0 Å². The molecule has 0 atom stereocenters. The lowest BCUT2D eigenvalue weighted by Gasteiger charge is -2.34. The molecule has 2 rings (SSSR count). The van der Waals surface area contributed by atoms with Crippen LogP contribution in [0.3, 0.4) is 0 Å². The fraction of sp³-hybridized carbons (Fsp3) is 0.500. The lowest BCUT2D eigenvalue weighted by Crippen LogP contribution is -2.44. The van der Waals surface area contributed by atoms with Crippen LogP contribution in [0.5, 0.6) is 0 Å². The molecule has 1 aliphatic heterocycles. The summed E-state index contributed by atoms with van der Waals surface area (Å²) in [6.45, 7) is 4.44. The summed E-state index contributed by atoms with van der Waals surface area (Å²) in [5, 5.41) is 3.33. The molecule has 92 valence electrons. The van der Waals surface area contributed by atoms with Crippen molar-refractivity contribution in [1.29, 1.82) is 0 Å². The highest BCUT2D eigenvalue weighted by Gasteiger charge is 2.22. The van der Waals surface area contributed by atoms with Gasteiger partial charge in [-0.1, -0.05) is 30.3 Å². The number of carbonyl (C=O) groups is 1. The maximum Gasteiger partial charge on any atom is 0.219 e. The number of hydrogen-bond acceptors (Lipinski definition) is 2. The summed E-state index contributed by atoms with van der Waals surface area (Å²) in [5.41, 5.74) is 1.21. The molecule has 1 fully saturated rings. The van der Waals surface area contributed by atoms with Crippen LogP contribution >= 0.6 is 0 Å². The van der Waals surface area contributed by atoms with E-state index in [0.717, 1.165) is 32.5 Å². The van der Waals surface area contributed by atoms with Crippen LogP contribution in [0.25, 0.3) is 0 Å². The molecule has 17 heavy (non-hydrogen) atoms. The van der Waals surface area contributed by atoms with Crippen LogP contribution in [-0.4, -0.2) is 29.9 Å². The van der Waals surface area contributed by atoms with Crippen LogP contribution in [0.2, 0.25) is 0 Å². The molecule has 1 N–H and O–H groups in total. The second kappa shape index (κ2) is 5.82. The number of amides is 1. The maximum atomic E-state index is 11.8. The average Bonchev–Trinajstić information content (AvgIpc) is 2.38. The molecule has 0 aromatic heterocycles. The lowest BCUT2D eigenvalue weighted by atomic mass is 10.0. The first kappa shape index (κ1) is 12.1. The van der Waals surface area contributed by atoms with Crippen molar-refractivity contribution in [2.24, 2.45) is 0 Å². The molecule has 3 nitrogen and oxygen atoms in total. The second-order valence-corrected chi connectivity index (χ2v) is 4.61. The van der Waals surface area contributed by atoms with Gasteiger partial charge < -0.3 is 10.2 Å². The molecule has 1 heterocycles. The van der Waals surface area contributed by atoms with E-state index >= 15 is 0 Å². The molecule has 3 heteroatoms. The van der Waals surface area contributed by atoms with E-state index in [2.05, 4.69) is 17.4 Å². The number of nitrogens with zero attached hydrogens (tertiary/aromatic N) is 1. The third-order valence-corrected chi connectivity index (χ3v) is 3.35. The molecule has 0 bridgehead atoms. The van der Waals surface area contributed by atoms with Crippen molar-refractivity contribution in [3.8, 4) is 0 Å². The first-order valence-electron chi connectivity index (χ1n) is 6.29. The van der Waals surface area contributed by atoms with E-state index in [1.54, 1.807) is 6.92 Å². The first-order chi connectivity index (χ1) is 8.27. The fourth-order valence-electron chi connectivity index (χ4n) is 2.40. The Labute approximate surface area is 103 Å². The quantitative estimate of drug-likeness (QED) is 0.861. The minimum absolute atomic E-state index is 0.181. The predicted molar refractivity (Wildman–Crippen MR) is 68.6 cm³/mol. The van der Waals surface area contributed by atoms with Crippen molar-refractivity contribution >= 4 is 5.91 Å². The summed E-state index contributed by atoms with van der Waals surface area (Å²) in [7, 11) is 0. The molecule has 0 aliphatic carbocycles. The monoisotopic (exact) mass is 232 g/mol. The normalized spacial score (nSPS) is 16.8. The topological polar surface area (TPSA) is 32.3 Å². The molecule has 1 saturated heterocycles. The minimum Gasteiger partial charge on any atom is -0.336 e. The van der Waals surface area contributed by atoms with E-state index in [-0.39, 0.29) is 5.91 Å². The molecule has 1 aromatic carbocycles. The first-order valence-corrected chi connectivity index (χ1v) is 6.29. The molecular formula is C14H20N2O. The molecule has 1 aromatic rings. The minimum atomic E-state index is 0.181. The van der Waals surface area contributed by atoms with Gasteiger partial charge in [0.2, 0.25) is 5.91 Å². The SMILES string of the molecule is CC(=O)N(Cc1ccccc1)C1CCNCC1. The van der Waals surface area contributed by atoms with Gasteiger partial charge in [-0.2, -0.15) is 0 Å². The summed E-state index contributed by atoms with van der Waals surface area (Å²) in [6, 6.07) is 10.6. The van der Waals surface area contributed by atoms with Crippen molar-refractivity contribution in [1.82, 2.24) is 10.2 Å². The Bertz CT molecular complexity index is 358. The standard InChI is InChI=1S/C14H20N2O/c1-12(17)16(14-7-9-15-10-8-14)11-13-5-3-2-4-6-13/h2-6,14-15H,7-11H2,1H3. The molecule has 0 saturated carbocycles. The van der Waals surface area contributed by atoms with E-state index in [1.807, 2.05) is 23.1 Å². The van der Waals surface area contributed by atoms with E-state index in [1.165, 1.54) is 5.56 Å². The van der Waals surface area contributed by atoms with Gasteiger partial charge in [0, 0.05) is 19.5 Å². The number of piperidine rings is 1. The Morgan fingerprint density at radius 2 is 1.94 bits per heavy atom. The van der Waals surface area contributed by atoms with Crippen LogP contribution in [0.1, 0.15) is 25.3 Å². The number of carbonyl (C=O) groups excluding carboxylic acids is 1. The average molecular weight is 232 g/mol. The fourth-order valence-corrected chi connectivity index (χ4v) is 2.40. The number of hydrogen-bond donors (Lipinski definition) is 1. The molecule has 1 aliphatic rings. The van der Waals surface area contributed by atoms with Crippen molar-refractivity contribution in [2.75, 3.05) is 13.1 Å². The van der Waals surface area contributed by atoms with Gasteiger partial charge in [0.15, 0.2) is 0 Å². The Kier molecular flexibility index (Phi) is 4.15. The predicted octanol–water partition coefficient (Wildman–Crippen LogP) is 1.79. The van der Waals surface area contributed by atoms with Crippen molar-refractivity contribution < 1.29 is 4.79 Å². The summed E-state index contributed by atoms with van der Waals surface area (Å²) < 4.78 is 0. The molecule has 0 unspecified atom stereocenters. The van der Waals surface area contributed by atoms with Crippen molar-refractivity contribution in [3.63, 3.8) is 0 Å². The highest BCUT2D eigenvalue weighted by molar-refractivity contribution is 5.73. The van der Waals surface area contributed by atoms with Crippen LogP contribution in [0.15, 0.2) is 30.3 Å². The molecule has 0 radical (unpaired) electrons. The van der Waals surface area contributed by atoms with Crippen molar-refractivity contribution in [2.45, 2.75) is 32.4 Å². The third kappa shape index (κ3) is 3.30. The van der Waals surface area contributed by atoms with Crippen LogP contribution in [0, 0.1) is 0 Å². The van der Waals surface area contributed by atoms with Gasteiger partial charge in [-0.15, -0.1) is 0 Å². The third-order valence-electron chi connectivity index (χ3n) is 3.35. The van der Waals surface area contributed by atoms with Gasteiger partial charge >= 0.3 is 0 Å². The van der Waals surface area contributed by atoms with Crippen LogP contribution < -0.4 is 5.32 Å². The zero-order chi connectivity index (χ0) is 12.1. The van der Waals surface area contributed by atoms with Crippen molar-refractivity contribution in [3.05, 3.63) is 35.9 Å². The highest BCUT2D eigenvalue weighted by atomic mass is 16.2. The summed E-state index contributed by atoms with van der Waals surface area (Å²) in [6.07, 6.45) is 2.12. The Morgan fingerprint density at radius 3 is 2.53 bits per heavy atom. The molecular weight excluding hydrogens is 212 g/mol. The van der Waals surface area contributed by atoms with Gasteiger partial charge in [-0.3, -0.25) is 4.79 Å². The molecule has 0 spiro atoms. The largest absolute Gasteiger partial charge is 0.336 e. The number of nitrogens with one attached hydrogen (secondary N) is 1. The smallest absolute Gasteiger partial charge is 0.219 e. The van der Waals surface area contributed by atoms with E-state index in [4.69, 9.17) is 0 Å². The van der Waals surface area contributed by atoms with E-state index in [9.17, 15) is 4.79 Å². The van der Waals surface area contributed by atoms with Crippen LogP contribution in [0.4, 0.5) is 0 Å². The second-order valence-electron chi connectivity index (χ2n) is 4.61. The highest BCUT2D eigenvalue weighted by Crippen LogP contribution is 2.15. The zero-order valence-corrected chi connectivity index (χ0v) is 10.4. The maximum absolute atomic E-state index is 11.8. The summed E-state index contributed by atoms with van der Waals surface area (Å²) in [4.78, 5) is 13.8. The van der Waals surface area contributed by atoms with E-state index in [0.29, 0.717) is 6.04 Å². The number of rotatable bonds is 3. The van der Waals surface area contributed by atoms with Gasteiger partial charge in [0.1, 0.15) is 0 Å². The summed E-state index contributed by atoms with van der Waals surface area (Å²) >= 11 is 0. The summed E-state index contributed by atoms with van der Waals surface area (Å²) in [5.74, 6) is 0.181. The van der Waals surface area contributed by atoms with Crippen LogP contribution in [-0.2, 0) is 11.3 Å². The molecule has 1 amide bonds. The Balaban J connectivity index is 2.04. The van der Waals surface area contributed by atoms with Gasteiger partial charge in [-0.25, -0.2) is 0 Å². The van der Waals surface area contributed by atoms with Gasteiger partial charge in [0.05, 0.1) is 0 Å². The van der Waals surface area contributed by atoms with Gasteiger partial charge in [-0.05, 0) is 31.5 Å². The Morgan fingerprint density at radius 1 is 1.29 bits per heavy atom. The zero-order valence-electron chi connectivity index (χ0n) is 10.4.